The van der Waals surface area contributed by atoms with Gasteiger partial charge < -0.3 is 10.6 Å². The molecule has 0 aliphatic rings. The van der Waals surface area contributed by atoms with Gasteiger partial charge in [-0.15, -0.1) is 0 Å². The van der Waals surface area contributed by atoms with Gasteiger partial charge in [-0.2, -0.15) is 11.8 Å². The van der Waals surface area contributed by atoms with E-state index in [1.165, 1.54) is 4.90 Å². The Morgan fingerprint density at radius 3 is 2.71 bits per heavy atom. The van der Waals surface area contributed by atoms with Crippen LogP contribution in [0.25, 0.3) is 0 Å². The van der Waals surface area contributed by atoms with Crippen molar-refractivity contribution in [1.82, 2.24) is 4.90 Å². The predicted octanol–water partition coefficient (Wildman–Crippen LogP) is 2.53. The summed E-state index contributed by atoms with van der Waals surface area (Å²) in [5.74, 6) is -0.509. The van der Waals surface area contributed by atoms with E-state index >= 15 is 0 Å². The molecule has 116 valence electrons. The average Bonchev–Trinajstić information content (AvgIpc) is 2.44. The molecule has 0 aliphatic heterocycles. The number of hydrogen-bond donors (Lipinski definition) is 1. The Kier molecular flexibility index (Phi) is 5.95. The molecule has 0 aliphatic carbocycles. The largest absolute Gasteiger partial charge is 0.393 e. The van der Waals surface area contributed by atoms with Gasteiger partial charge in [0.2, 0.25) is 0 Å². The SMILES string of the molecule is CSCCC(C)N(C)C(=O)c1cc(F)cc([N+](=O)[O-])c1N. The Hall–Kier alpha value is -1.83. The Morgan fingerprint density at radius 2 is 2.19 bits per heavy atom. The second-order valence-electron chi connectivity index (χ2n) is 4.69. The molecule has 0 aromatic heterocycles. The standard InChI is InChI=1S/C13H18FN3O3S/c1-8(4-5-21-3)16(2)13(18)10-6-9(14)7-11(12(10)15)17(19)20/h6-8H,4-5,15H2,1-3H3. The number of benzene rings is 1. The maximum atomic E-state index is 13.5. The third-order valence-electron chi connectivity index (χ3n) is 3.27. The maximum Gasteiger partial charge on any atom is 0.295 e. The van der Waals surface area contributed by atoms with Gasteiger partial charge >= 0.3 is 0 Å². The quantitative estimate of drug-likeness (QED) is 0.495. The van der Waals surface area contributed by atoms with Gasteiger partial charge in [-0.1, -0.05) is 0 Å². The number of rotatable bonds is 6. The first kappa shape index (κ1) is 17.2. The molecule has 1 aromatic carbocycles. The summed E-state index contributed by atoms with van der Waals surface area (Å²) in [6, 6.07) is 1.57. The van der Waals surface area contributed by atoms with Crippen LogP contribution in [0.2, 0.25) is 0 Å². The van der Waals surface area contributed by atoms with E-state index in [9.17, 15) is 19.3 Å². The van der Waals surface area contributed by atoms with Crippen LogP contribution in [0.15, 0.2) is 12.1 Å². The van der Waals surface area contributed by atoms with Gasteiger partial charge in [0.05, 0.1) is 16.6 Å². The normalized spacial score (nSPS) is 12.0. The minimum Gasteiger partial charge on any atom is -0.393 e. The van der Waals surface area contributed by atoms with Crippen LogP contribution in [0.1, 0.15) is 23.7 Å². The van der Waals surface area contributed by atoms with Gasteiger partial charge in [-0.25, -0.2) is 4.39 Å². The van der Waals surface area contributed by atoms with Gasteiger partial charge in [0.25, 0.3) is 11.6 Å². The fourth-order valence-corrected chi connectivity index (χ4v) is 2.38. The molecule has 21 heavy (non-hydrogen) atoms. The molecule has 1 unspecified atom stereocenters. The van der Waals surface area contributed by atoms with Crippen LogP contribution in [0.4, 0.5) is 15.8 Å². The molecule has 0 spiro atoms. The molecule has 6 nitrogen and oxygen atoms in total. The molecule has 1 atom stereocenters. The summed E-state index contributed by atoms with van der Waals surface area (Å²) in [5, 5.41) is 10.8. The van der Waals surface area contributed by atoms with E-state index in [1.807, 2.05) is 13.2 Å². The lowest BCUT2D eigenvalue weighted by atomic mass is 10.1. The Balaban J connectivity index is 3.10. The van der Waals surface area contributed by atoms with E-state index in [1.54, 1.807) is 18.8 Å². The summed E-state index contributed by atoms with van der Waals surface area (Å²) >= 11 is 1.65. The lowest BCUT2D eigenvalue weighted by molar-refractivity contribution is -0.384. The molecule has 1 aromatic rings. The fraction of sp³-hybridized carbons (Fsp3) is 0.462. The molecule has 0 fully saturated rings. The molecular formula is C13H18FN3O3S. The number of nitrogen functional groups attached to an aromatic ring is 1. The van der Waals surface area contributed by atoms with Crippen molar-refractivity contribution in [3.05, 3.63) is 33.6 Å². The van der Waals surface area contributed by atoms with Crippen molar-refractivity contribution in [3.8, 4) is 0 Å². The monoisotopic (exact) mass is 315 g/mol. The van der Waals surface area contributed by atoms with Gasteiger partial charge in [-0.3, -0.25) is 14.9 Å². The number of nitro benzene ring substituents is 1. The lowest BCUT2D eigenvalue weighted by Crippen LogP contribution is -2.36. The summed E-state index contributed by atoms with van der Waals surface area (Å²) in [6.07, 6.45) is 2.73. The number of carbonyl (C=O) groups is 1. The number of carbonyl (C=O) groups excluding carboxylic acids is 1. The van der Waals surface area contributed by atoms with E-state index in [-0.39, 0.29) is 17.3 Å². The van der Waals surface area contributed by atoms with Gasteiger partial charge in [0.1, 0.15) is 11.5 Å². The molecule has 0 bridgehead atoms. The predicted molar refractivity (Wildman–Crippen MR) is 82.0 cm³/mol. The lowest BCUT2D eigenvalue weighted by Gasteiger charge is -2.25. The molecule has 0 saturated heterocycles. The zero-order chi connectivity index (χ0) is 16.2. The third-order valence-corrected chi connectivity index (χ3v) is 3.92. The van der Waals surface area contributed by atoms with E-state index < -0.39 is 22.3 Å². The second-order valence-corrected chi connectivity index (χ2v) is 5.68. The van der Waals surface area contributed by atoms with Crippen molar-refractivity contribution in [1.29, 1.82) is 0 Å². The van der Waals surface area contributed by atoms with Crippen molar-refractivity contribution >= 4 is 29.0 Å². The minimum absolute atomic E-state index is 0.0772. The molecule has 1 amide bonds. The zero-order valence-corrected chi connectivity index (χ0v) is 12.9. The van der Waals surface area contributed by atoms with Crippen LogP contribution in [0.3, 0.4) is 0 Å². The zero-order valence-electron chi connectivity index (χ0n) is 12.1. The highest BCUT2D eigenvalue weighted by molar-refractivity contribution is 7.98. The number of halogens is 1. The second kappa shape index (κ2) is 7.26. The van der Waals surface area contributed by atoms with Gasteiger partial charge in [0.15, 0.2) is 0 Å². The molecular weight excluding hydrogens is 297 g/mol. The number of amides is 1. The molecule has 0 radical (unpaired) electrons. The summed E-state index contributed by atoms with van der Waals surface area (Å²) < 4.78 is 13.5. The molecule has 0 heterocycles. The minimum atomic E-state index is -0.857. The Morgan fingerprint density at radius 1 is 1.57 bits per heavy atom. The highest BCUT2D eigenvalue weighted by Gasteiger charge is 2.25. The van der Waals surface area contributed by atoms with Crippen molar-refractivity contribution in [2.24, 2.45) is 0 Å². The van der Waals surface area contributed by atoms with Crippen molar-refractivity contribution in [2.75, 3.05) is 24.8 Å². The van der Waals surface area contributed by atoms with E-state index in [0.717, 1.165) is 18.2 Å². The number of nitro groups is 1. The molecule has 0 saturated carbocycles. The number of thioether (sulfide) groups is 1. The van der Waals surface area contributed by atoms with Crippen molar-refractivity contribution < 1.29 is 14.1 Å². The number of hydrogen-bond acceptors (Lipinski definition) is 5. The highest BCUT2D eigenvalue weighted by Crippen LogP contribution is 2.28. The van der Waals surface area contributed by atoms with Gasteiger partial charge in [0, 0.05) is 13.1 Å². The highest BCUT2D eigenvalue weighted by atomic mass is 32.2. The smallest absolute Gasteiger partial charge is 0.295 e. The van der Waals surface area contributed by atoms with Crippen LogP contribution >= 0.6 is 11.8 Å². The van der Waals surface area contributed by atoms with Crippen molar-refractivity contribution in [2.45, 2.75) is 19.4 Å². The van der Waals surface area contributed by atoms with Crippen LogP contribution in [-0.4, -0.2) is 40.8 Å². The number of nitrogens with zero attached hydrogens (tertiary/aromatic N) is 2. The third kappa shape index (κ3) is 4.07. The molecule has 2 N–H and O–H groups in total. The summed E-state index contributed by atoms with van der Waals surface area (Å²) in [4.78, 5) is 23.8. The van der Waals surface area contributed by atoms with Crippen LogP contribution < -0.4 is 5.73 Å². The van der Waals surface area contributed by atoms with Crippen LogP contribution in [0, 0.1) is 15.9 Å². The van der Waals surface area contributed by atoms with E-state index in [2.05, 4.69) is 0 Å². The Bertz CT molecular complexity index is 554. The number of anilines is 1. The molecule has 8 heteroatoms. The maximum absolute atomic E-state index is 13.5. The summed E-state index contributed by atoms with van der Waals surface area (Å²) in [6.45, 7) is 1.86. The molecule has 1 rings (SSSR count). The average molecular weight is 315 g/mol. The summed E-state index contributed by atoms with van der Waals surface area (Å²) in [7, 11) is 1.57. The van der Waals surface area contributed by atoms with Crippen LogP contribution in [-0.2, 0) is 0 Å². The fourth-order valence-electron chi connectivity index (χ4n) is 1.80. The van der Waals surface area contributed by atoms with Gasteiger partial charge in [-0.05, 0) is 31.4 Å². The summed E-state index contributed by atoms with van der Waals surface area (Å²) in [5.41, 5.74) is 4.55. The van der Waals surface area contributed by atoms with E-state index in [4.69, 9.17) is 5.73 Å². The first-order chi connectivity index (χ1) is 9.79. The topological polar surface area (TPSA) is 89.5 Å². The first-order valence-corrected chi connectivity index (χ1v) is 7.68. The Labute approximate surface area is 126 Å². The van der Waals surface area contributed by atoms with E-state index in [0.29, 0.717) is 6.07 Å². The first-order valence-electron chi connectivity index (χ1n) is 6.29. The van der Waals surface area contributed by atoms with Crippen molar-refractivity contribution in [3.63, 3.8) is 0 Å². The van der Waals surface area contributed by atoms with Crippen LogP contribution in [0.5, 0.6) is 0 Å². The number of nitrogens with two attached hydrogens (primary N) is 1.